The van der Waals surface area contributed by atoms with E-state index in [0.29, 0.717) is 6.08 Å². The van der Waals surface area contributed by atoms with Crippen LogP contribution in [0.15, 0.2) is 47.8 Å². The number of nitrogen functional groups attached to an aromatic ring is 1. The third kappa shape index (κ3) is 6.34. The zero-order valence-electron chi connectivity index (χ0n) is 18.8. The summed E-state index contributed by atoms with van der Waals surface area (Å²) in [4.78, 5) is 4.01. The predicted octanol–water partition coefficient (Wildman–Crippen LogP) is 5.44. The summed E-state index contributed by atoms with van der Waals surface area (Å²) in [6.45, 7) is 0.727. The molecule has 0 spiro atoms. The van der Waals surface area contributed by atoms with Crippen LogP contribution < -0.4 is 21.1 Å². The standard InChI is InChI=1S/C23H22F6N6O/c1-11-16-6-14(24)2-3-17(16)35-15(7-19(31)23(27,28)29)4-12(8-30)21(33-10-20(25)26)13-5-18(36-11)22(32)34-9-13/h2-3,5-9,11,20,30-31,33,35H,4,10H2,1H3,(H2,32,34)/b15-7-,21-12-,30-8?,31-19?/t11-/m1/s1. The van der Waals surface area contributed by atoms with Crippen LogP contribution in [0.1, 0.15) is 30.6 Å². The molecule has 2 aromatic rings. The van der Waals surface area contributed by atoms with Gasteiger partial charge in [0.25, 0.3) is 6.43 Å². The lowest BCUT2D eigenvalue weighted by Crippen LogP contribution is -2.23. The number of nitrogens with one attached hydrogen (secondary N) is 4. The number of benzene rings is 1. The van der Waals surface area contributed by atoms with Crippen LogP contribution in [0.3, 0.4) is 0 Å². The second-order valence-corrected chi connectivity index (χ2v) is 7.80. The molecule has 192 valence electrons. The molecule has 1 atom stereocenters. The van der Waals surface area contributed by atoms with Crippen LogP contribution >= 0.6 is 0 Å². The topological polar surface area (TPSA) is 120 Å². The molecule has 36 heavy (non-hydrogen) atoms. The van der Waals surface area contributed by atoms with E-state index < -0.39 is 43.2 Å². The van der Waals surface area contributed by atoms with Gasteiger partial charge in [0.15, 0.2) is 11.6 Å². The van der Waals surface area contributed by atoms with E-state index in [1.807, 2.05) is 0 Å². The van der Waals surface area contributed by atoms with Gasteiger partial charge >= 0.3 is 6.18 Å². The fraction of sp³-hybridized carbons (Fsp3) is 0.261. The molecule has 0 aliphatic carbocycles. The summed E-state index contributed by atoms with van der Waals surface area (Å²) in [6.07, 6.45) is -6.49. The molecule has 2 bridgehead atoms. The van der Waals surface area contributed by atoms with Crippen LogP contribution in [0, 0.1) is 16.6 Å². The fourth-order valence-electron chi connectivity index (χ4n) is 3.48. The second kappa shape index (κ2) is 10.7. The van der Waals surface area contributed by atoms with Gasteiger partial charge in [-0.25, -0.2) is 18.2 Å². The highest BCUT2D eigenvalue weighted by molar-refractivity contribution is 5.98. The van der Waals surface area contributed by atoms with E-state index in [2.05, 4.69) is 15.6 Å². The molecule has 13 heteroatoms. The lowest BCUT2D eigenvalue weighted by atomic mass is 10.0. The third-order valence-corrected chi connectivity index (χ3v) is 5.15. The van der Waals surface area contributed by atoms with E-state index in [4.69, 9.17) is 21.3 Å². The Bertz CT molecular complexity index is 1220. The van der Waals surface area contributed by atoms with Crippen molar-refractivity contribution in [1.29, 1.82) is 10.8 Å². The van der Waals surface area contributed by atoms with E-state index in [1.54, 1.807) is 6.92 Å². The SMILES string of the molecule is C[C@H]1Oc2cc(cnc2N)/C(NCC(F)F)=C(/C=N)C/C(=C/C(=N)C(F)(F)F)Nc2ccc(F)cc21. The maximum Gasteiger partial charge on any atom is 0.432 e. The molecular formula is C23H22F6N6O. The molecule has 1 aliphatic rings. The van der Waals surface area contributed by atoms with Crippen LogP contribution in [0.25, 0.3) is 5.70 Å². The summed E-state index contributed by atoms with van der Waals surface area (Å²) < 4.78 is 85.5. The van der Waals surface area contributed by atoms with Crippen molar-refractivity contribution in [3.05, 3.63) is 64.8 Å². The molecule has 0 radical (unpaired) electrons. The number of halogens is 6. The van der Waals surface area contributed by atoms with Gasteiger partial charge < -0.3 is 26.5 Å². The van der Waals surface area contributed by atoms with Gasteiger partial charge in [-0.15, -0.1) is 0 Å². The fourth-order valence-corrected chi connectivity index (χ4v) is 3.48. The average molecular weight is 512 g/mol. The number of hydrogen-bond donors (Lipinski definition) is 5. The van der Waals surface area contributed by atoms with Crippen LogP contribution in [-0.4, -0.2) is 36.1 Å². The Morgan fingerprint density at radius 2 is 2.06 bits per heavy atom. The van der Waals surface area contributed by atoms with E-state index in [9.17, 15) is 26.3 Å². The summed E-state index contributed by atoms with van der Waals surface area (Å²) in [7, 11) is 0. The minimum Gasteiger partial charge on any atom is -0.482 e. The number of nitrogens with zero attached hydrogens (tertiary/aromatic N) is 1. The Morgan fingerprint density at radius 1 is 1.33 bits per heavy atom. The Hall–Kier alpha value is -4.03. The number of ether oxygens (including phenoxy) is 1. The molecule has 3 rings (SSSR count). The van der Waals surface area contributed by atoms with Crippen molar-refractivity contribution in [3.63, 3.8) is 0 Å². The average Bonchev–Trinajstić information content (AvgIpc) is 2.79. The van der Waals surface area contributed by atoms with Gasteiger partial charge in [-0.1, -0.05) is 0 Å². The van der Waals surface area contributed by atoms with E-state index in [1.165, 1.54) is 18.3 Å². The zero-order chi connectivity index (χ0) is 26.6. The monoisotopic (exact) mass is 512 g/mol. The van der Waals surface area contributed by atoms with Crippen molar-refractivity contribution >= 4 is 29.1 Å². The number of hydrogen-bond acceptors (Lipinski definition) is 7. The molecule has 2 heterocycles. The summed E-state index contributed by atoms with van der Waals surface area (Å²) in [5.41, 5.74) is 4.58. The highest BCUT2D eigenvalue weighted by Gasteiger charge is 2.33. The first-order valence-corrected chi connectivity index (χ1v) is 10.5. The Labute approximate surface area is 202 Å². The molecule has 6 N–H and O–H groups in total. The Morgan fingerprint density at radius 3 is 2.69 bits per heavy atom. The van der Waals surface area contributed by atoms with Gasteiger partial charge in [-0.3, -0.25) is 5.41 Å². The number of nitrogens with two attached hydrogens (primary N) is 1. The summed E-state index contributed by atoms with van der Waals surface area (Å²) in [5, 5.41) is 20.5. The number of anilines is 2. The van der Waals surface area contributed by atoms with Crippen molar-refractivity contribution in [2.75, 3.05) is 17.6 Å². The molecule has 0 saturated carbocycles. The molecule has 0 saturated heterocycles. The normalized spacial score (nSPS) is 19.4. The van der Waals surface area contributed by atoms with Crippen LogP contribution in [0.4, 0.5) is 37.8 Å². The minimum absolute atomic E-state index is 0.000760. The predicted molar refractivity (Wildman–Crippen MR) is 124 cm³/mol. The number of aromatic nitrogens is 1. The summed E-state index contributed by atoms with van der Waals surface area (Å²) in [5.74, 6) is -0.631. The number of rotatable bonds is 5. The van der Waals surface area contributed by atoms with Gasteiger partial charge in [0.05, 0.1) is 6.54 Å². The molecule has 1 aromatic heterocycles. The molecule has 1 aliphatic heterocycles. The van der Waals surface area contributed by atoms with E-state index in [-0.39, 0.29) is 45.3 Å². The van der Waals surface area contributed by atoms with Crippen molar-refractivity contribution in [3.8, 4) is 5.75 Å². The first kappa shape index (κ1) is 26.6. The lowest BCUT2D eigenvalue weighted by molar-refractivity contribution is -0.0584. The number of allylic oxidation sites excluding steroid dienone is 2. The van der Waals surface area contributed by atoms with Gasteiger partial charge in [-0.05, 0) is 42.8 Å². The van der Waals surface area contributed by atoms with Crippen molar-refractivity contribution in [2.45, 2.75) is 32.1 Å². The van der Waals surface area contributed by atoms with Crippen molar-refractivity contribution in [2.24, 2.45) is 0 Å². The van der Waals surface area contributed by atoms with Gasteiger partial charge in [-0.2, -0.15) is 13.2 Å². The van der Waals surface area contributed by atoms with Gasteiger partial charge in [0.2, 0.25) is 0 Å². The third-order valence-electron chi connectivity index (χ3n) is 5.15. The highest BCUT2D eigenvalue weighted by atomic mass is 19.4. The number of alkyl halides is 5. The maximum atomic E-state index is 14.1. The number of pyridine rings is 1. The lowest BCUT2D eigenvalue weighted by Gasteiger charge is -2.24. The van der Waals surface area contributed by atoms with Crippen molar-refractivity contribution in [1.82, 2.24) is 10.3 Å². The molecule has 0 unspecified atom stereocenters. The Kier molecular flexibility index (Phi) is 7.90. The van der Waals surface area contributed by atoms with E-state index >= 15 is 0 Å². The number of fused-ring (bicyclic) bond motifs is 3. The summed E-state index contributed by atoms with van der Waals surface area (Å²) in [6, 6.07) is 4.87. The van der Waals surface area contributed by atoms with Crippen molar-refractivity contribution < 1.29 is 31.1 Å². The first-order valence-electron chi connectivity index (χ1n) is 10.5. The maximum absolute atomic E-state index is 14.1. The van der Waals surface area contributed by atoms with E-state index in [0.717, 1.165) is 18.3 Å². The smallest absolute Gasteiger partial charge is 0.432 e. The van der Waals surface area contributed by atoms with Gasteiger partial charge in [0.1, 0.15) is 17.6 Å². The quantitative estimate of drug-likeness (QED) is 0.270. The largest absolute Gasteiger partial charge is 0.482 e. The van der Waals surface area contributed by atoms with Gasteiger partial charge in [0, 0.05) is 47.0 Å². The molecular weight excluding hydrogens is 490 g/mol. The summed E-state index contributed by atoms with van der Waals surface area (Å²) >= 11 is 0. The van der Waals surface area contributed by atoms with Crippen LogP contribution in [0.5, 0.6) is 5.75 Å². The highest BCUT2D eigenvalue weighted by Crippen LogP contribution is 2.35. The molecule has 7 nitrogen and oxygen atoms in total. The molecule has 1 aromatic carbocycles. The molecule has 0 amide bonds. The first-order chi connectivity index (χ1) is 16.9. The van der Waals surface area contributed by atoms with Crippen LogP contribution in [-0.2, 0) is 0 Å². The Balaban J connectivity index is 2.28. The van der Waals surface area contributed by atoms with Crippen LogP contribution in [0.2, 0.25) is 0 Å². The molecule has 0 fully saturated rings. The minimum atomic E-state index is -4.97. The second-order valence-electron chi connectivity index (χ2n) is 7.80. The zero-order valence-corrected chi connectivity index (χ0v) is 18.8.